The highest BCUT2D eigenvalue weighted by Crippen LogP contribution is 2.39. The Hall–Kier alpha value is -2.94. The van der Waals surface area contributed by atoms with Gasteiger partial charge in [-0.2, -0.15) is 0 Å². The van der Waals surface area contributed by atoms with Crippen LogP contribution in [0.25, 0.3) is 5.69 Å². The van der Waals surface area contributed by atoms with Gasteiger partial charge in [-0.3, -0.25) is 9.88 Å². The number of benzene rings is 1. The van der Waals surface area contributed by atoms with Crippen molar-refractivity contribution in [2.24, 2.45) is 0 Å². The lowest BCUT2D eigenvalue weighted by atomic mass is 10.0. The number of rotatable bonds is 7. The molecular formula is C25H29N5O2S. The Morgan fingerprint density at radius 2 is 1.85 bits per heavy atom. The van der Waals surface area contributed by atoms with Crippen molar-refractivity contribution in [3.05, 3.63) is 78.4 Å². The number of ether oxygens (including phenoxy) is 1. The second-order valence-corrected chi connectivity index (χ2v) is 8.83. The van der Waals surface area contributed by atoms with E-state index in [0.717, 1.165) is 68.0 Å². The van der Waals surface area contributed by atoms with Crippen LogP contribution >= 0.6 is 12.2 Å². The molecule has 7 nitrogen and oxygen atoms in total. The van der Waals surface area contributed by atoms with Crippen LogP contribution in [0.15, 0.2) is 67.0 Å². The molecule has 2 aliphatic heterocycles. The predicted molar refractivity (Wildman–Crippen MR) is 131 cm³/mol. The number of morpholine rings is 1. The van der Waals surface area contributed by atoms with Crippen LogP contribution in [0, 0.1) is 0 Å². The van der Waals surface area contributed by atoms with Crippen LogP contribution in [0.2, 0.25) is 0 Å². The molecule has 5 rings (SSSR count). The first-order valence-corrected chi connectivity index (χ1v) is 11.9. The number of pyridine rings is 1. The van der Waals surface area contributed by atoms with Crippen molar-refractivity contribution in [3.63, 3.8) is 0 Å². The third-order valence-corrected chi connectivity index (χ3v) is 6.74. The van der Waals surface area contributed by atoms with E-state index in [2.05, 4.69) is 49.1 Å². The van der Waals surface area contributed by atoms with Gasteiger partial charge < -0.3 is 24.6 Å². The average molecular weight is 464 g/mol. The summed E-state index contributed by atoms with van der Waals surface area (Å²) in [6.45, 7) is 5.50. The Morgan fingerprint density at radius 3 is 2.61 bits per heavy atom. The largest absolute Gasteiger partial charge is 0.508 e. The van der Waals surface area contributed by atoms with Crippen molar-refractivity contribution in [1.29, 1.82) is 0 Å². The van der Waals surface area contributed by atoms with Gasteiger partial charge in [0.2, 0.25) is 0 Å². The number of hydrogen-bond donors (Lipinski definition) is 2. The van der Waals surface area contributed by atoms with Gasteiger partial charge in [-0.15, -0.1) is 0 Å². The highest BCUT2D eigenvalue weighted by atomic mass is 32.1. The van der Waals surface area contributed by atoms with Crippen LogP contribution in [-0.2, 0) is 4.74 Å². The summed E-state index contributed by atoms with van der Waals surface area (Å²) in [6, 6.07) is 17.5. The minimum absolute atomic E-state index is 0.000826. The molecule has 2 aliphatic rings. The second-order valence-electron chi connectivity index (χ2n) is 8.45. The molecule has 0 bridgehead atoms. The van der Waals surface area contributed by atoms with Gasteiger partial charge in [0.25, 0.3) is 0 Å². The zero-order chi connectivity index (χ0) is 22.6. The summed E-state index contributed by atoms with van der Waals surface area (Å²) < 4.78 is 7.65. The van der Waals surface area contributed by atoms with E-state index in [-0.39, 0.29) is 17.8 Å². The van der Waals surface area contributed by atoms with Crippen LogP contribution < -0.4 is 5.32 Å². The first-order chi connectivity index (χ1) is 16.2. The molecule has 0 amide bonds. The van der Waals surface area contributed by atoms with E-state index in [1.807, 2.05) is 30.5 Å². The quantitative estimate of drug-likeness (QED) is 0.522. The molecule has 33 heavy (non-hydrogen) atoms. The molecule has 4 heterocycles. The Labute approximate surface area is 199 Å². The molecule has 2 N–H and O–H groups in total. The number of nitrogens with one attached hydrogen (secondary N) is 1. The number of hydrogen-bond acceptors (Lipinski definition) is 5. The first-order valence-electron chi connectivity index (χ1n) is 11.5. The van der Waals surface area contributed by atoms with Gasteiger partial charge in [0.15, 0.2) is 5.11 Å². The number of phenolic OH excluding ortho intramolecular Hbond substituents is 1. The summed E-state index contributed by atoms with van der Waals surface area (Å²) in [5.74, 6) is 0.257. The van der Waals surface area contributed by atoms with E-state index >= 15 is 0 Å². The molecule has 2 saturated heterocycles. The Morgan fingerprint density at radius 1 is 1.03 bits per heavy atom. The monoisotopic (exact) mass is 463 g/mol. The number of nitrogens with zero attached hydrogens (tertiary/aromatic N) is 4. The fourth-order valence-corrected chi connectivity index (χ4v) is 5.07. The van der Waals surface area contributed by atoms with Gasteiger partial charge in [0, 0.05) is 50.0 Å². The molecule has 0 unspecified atom stereocenters. The molecule has 0 aliphatic carbocycles. The molecule has 0 saturated carbocycles. The summed E-state index contributed by atoms with van der Waals surface area (Å²) in [5, 5.41) is 14.0. The van der Waals surface area contributed by atoms with Crippen LogP contribution in [0.3, 0.4) is 0 Å². The van der Waals surface area contributed by atoms with Gasteiger partial charge in [-0.25, -0.2) is 0 Å². The summed E-state index contributed by atoms with van der Waals surface area (Å²) in [7, 11) is 0. The number of aromatic nitrogens is 2. The standard InChI is InChI=1S/C25H29N5O2S/c31-20-9-7-19(8-10-20)29-13-3-6-22(29)24-23(21-5-1-2-11-26-21)27-25(33)30(24)14-4-12-28-15-17-32-18-16-28/h1-3,5-11,13,23-24,31H,4,12,14-18H2,(H,27,33)/t23-,24+/m0/s1. The van der Waals surface area contributed by atoms with E-state index in [1.165, 1.54) is 0 Å². The van der Waals surface area contributed by atoms with Crippen molar-refractivity contribution in [2.45, 2.75) is 18.5 Å². The van der Waals surface area contributed by atoms with Crippen molar-refractivity contribution >= 4 is 17.3 Å². The third kappa shape index (κ3) is 4.73. The Kier molecular flexibility index (Phi) is 6.57. The van der Waals surface area contributed by atoms with Gasteiger partial charge in [-0.1, -0.05) is 6.07 Å². The number of aromatic hydroxyl groups is 1. The molecule has 0 spiro atoms. The molecular weight excluding hydrogens is 434 g/mol. The number of phenols is 1. The zero-order valence-corrected chi connectivity index (χ0v) is 19.3. The maximum absolute atomic E-state index is 9.74. The topological polar surface area (TPSA) is 65.8 Å². The van der Waals surface area contributed by atoms with E-state index in [1.54, 1.807) is 12.1 Å². The lowest BCUT2D eigenvalue weighted by Gasteiger charge is -2.31. The fourth-order valence-electron chi connectivity index (χ4n) is 4.74. The predicted octanol–water partition coefficient (Wildman–Crippen LogP) is 3.27. The fraction of sp³-hybridized carbons (Fsp3) is 0.360. The van der Waals surface area contributed by atoms with E-state index < -0.39 is 0 Å². The third-order valence-electron chi connectivity index (χ3n) is 6.39. The number of thiocarbonyl (C=S) groups is 1. The SMILES string of the molecule is Oc1ccc(-n2cccc2[C@@H]2[C@H](c3ccccn3)NC(=S)N2CCCN2CCOCC2)cc1. The average Bonchev–Trinajstić information content (AvgIpc) is 3.45. The molecule has 2 aromatic heterocycles. The molecule has 172 valence electrons. The second kappa shape index (κ2) is 9.91. The molecule has 2 fully saturated rings. The van der Waals surface area contributed by atoms with Gasteiger partial charge >= 0.3 is 0 Å². The summed E-state index contributed by atoms with van der Waals surface area (Å²) in [5.41, 5.74) is 3.10. The van der Waals surface area contributed by atoms with Crippen molar-refractivity contribution in [1.82, 2.24) is 24.7 Å². The summed E-state index contributed by atoms with van der Waals surface area (Å²) in [4.78, 5) is 9.41. The maximum Gasteiger partial charge on any atom is 0.170 e. The first kappa shape index (κ1) is 21.9. The molecule has 0 radical (unpaired) electrons. The molecule has 8 heteroatoms. The molecule has 2 atom stereocenters. The van der Waals surface area contributed by atoms with Crippen LogP contribution in [0.4, 0.5) is 0 Å². The minimum atomic E-state index is -0.0483. The van der Waals surface area contributed by atoms with E-state index in [0.29, 0.717) is 0 Å². The van der Waals surface area contributed by atoms with Crippen molar-refractivity contribution in [3.8, 4) is 11.4 Å². The van der Waals surface area contributed by atoms with Gasteiger partial charge in [0.05, 0.1) is 31.0 Å². The van der Waals surface area contributed by atoms with Crippen molar-refractivity contribution < 1.29 is 9.84 Å². The molecule has 1 aromatic carbocycles. The minimum Gasteiger partial charge on any atom is -0.508 e. The highest BCUT2D eigenvalue weighted by molar-refractivity contribution is 7.80. The van der Waals surface area contributed by atoms with E-state index in [9.17, 15) is 5.11 Å². The zero-order valence-electron chi connectivity index (χ0n) is 18.5. The normalized spacial score (nSPS) is 21.3. The molecule has 3 aromatic rings. The van der Waals surface area contributed by atoms with Crippen molar-refractivity contribution in [2.75, 3.05) is 39.4 Å². The Bertz CT molecular complexity index is 1070. The van der Waals surface area contributed by atoms with Gasteiger partial charge in [0.1, 0.15) is 5.75 Å². The highest BCUT2D eigenvalue weighted by Gasteiger charge is 2.41. The lowest BCUT2D eigenvalue weighted by molar-refractivity contribution is 0.0365. The smallest absolute Gasteiger partial charge is 0.170 e. The van der Waals surface area contributed by atoms with Crippen LogP contribution in [-0.4, -0.2) is 69.0 Å². The van der Waals surface area contributed by atoms with E-state index in [4.69, 9.17) is 17.0 Å². The summed E-state index contributed by atoms with van der Waals surface area (Å²) >= 11 is 5.83. The van der Waals surface area contributed by atoms with Crippen LogP contribution in [0.1, 0.15) is 29.9 Å². The lowest BCUT2D eigenvalue weighted by Crippen LogP contribution is -2.39. The van der Waals surface area contributed by atoms with Gasteiger partial charge in [-0.05, 0) is 67.2 Å². The Balaban J connectivity index is 1.44. The summed E-state index contributed by atoms with van der Waals surface area (Å²) in [6.07, 6.45) is 4.91. The van der Waals surface area contributed by atoms with Crippen LogP contribution in [0.5, 0.6) is 5.75 Å². The maximum atomic E-state index is 9.74.